The minimum absolute atomic E-state index is 0.0204. The molecule has 0 bridgehead atoms. The summed E-state index contributed by atoms with van der Waals surface area (Å²) in [5, 5.41) is 3.18. The van der Waals surface area contributed by atoms with E-state index < -0.39 is 23.1 Å². The van der Waals surface area contributed by atoms with Gasteiger partial charge in [-0.15, -0.1) is 0 Å². The van der Waals surface area contributed by atoms with Gasteiger partial charge in [-0.05, 0) is 38.8 Å². The molecule has 116 valence electrons. The highest BCUT2D eigenvalue weighted by Gasteiger charge is 2.40. The molecule has 21 heavy (non-hydrogen) atoms. The van der Waals surface area contributed by atoms with E-state index in [2.05, 4.69) is 5.32 Å². The molecule has 0 amide bonds. The number of hydrogen-bond donors (Lipinski definition) is 1. The number of halogens is 2. The normalized spacial score (nSPS) is 17.1. The summed E-state index contributed by atoms with van der Waals surface area (Å²) in [6.07, 6.45) is 2.00. The molecule has 0 heterocycles. The molecule has 1 aliphatic carbocycles. The van der Waals surface area contributed by atoms with E-state index in [1.165, 1.54) is 6.07 Å². The smallest absolute Gasteiger partial charge is 0.329 e. The van der Waals surface area contributed by atoms with Crippen molar-refractivity contribution in [2.45, 2.75) is 38.3 Å². The molecule has 1 saturated carbocycles. The maximum absolute atomic E-state index is 13.1. The van der Waals surface area contributed by atoms with Gasteiger partial charge in [0.2, 0.25) is 0 Å². The highest BCUT2D eigenvalue weighted by atomic mass is 19.2. The Bertz CT molecular complexity index is 520. The standard InChI is InChI=1S/C15H19F2NO3/c1-3-20-14(19)15(2,18-10-4-5-10)9-21-11-6-7-12(16)13(17)8-11/h6-8,10,18H,3-5,9H2,1-2H3. The molecular formula is C15H19F2NO3. The van der Waals surface area contributed by atoms with E-state index >= 15 is 0 Å². The number of esters is 1. The summed E-state index contributed by atoms with van der Waals surface area (Å²) < 4.78 is 36.5. The van der Waals surface area contributed by atoms with Crippen LogP contribution in [0.2, 0.25) is 0 Å². The van der Waals surface area contributed by atoms with Crippen molar-refractivity contribution in [1.82, 2.24) is 5.32 Å². The summed E-state index contributed by atoms with van der Waals surface area (Å²) in [4.78, 5) is 12.1. The number of ether oxygens (including phenoxy) is 2. The van der Waals surface area contributed by atoms with Crippen molar-refractivity contribution in [3.05, 3.63) is 29.8 Å². The lowest BCUT2D eigenvalue weighted by atomic mass is 10.0. The largest absolute Gasteiger partial charge is 0.491 e. The van der Waals surface area contributed by atoms with Gasteiger partial charge < -0.3 is 9.47 Å². The minimum atomic E-state index is -1.01. The Morgan fingerprint density at radius 2 is 2.10 bits per heavy atom. The van der Waals surface area contributed by atoms with Gasteiger partial charge in [0.15, 0.2) is 11.6 Å². The zero-order valence-electron chi connectivity index (χ0n) is 12.1. The third-order valence-electron chi connectivity index (χ3n) is 3.24. The number of carbonyl (C=O) groups is 1. The van der Waals surface area contributed by atoms with Gasteiger partial charge in [-0.2, -0.15) is 0 Å². The molecule has 0 saturated heterocycles. The van der Waals surface area contributed by atoms with E-state index in [1.54, 1.807) is 13.8 Å². The second-order valence-electron chi connectivity index (χ2n) is 5.34. The lowest BCUT2D eigenvalue weighted by Crippen LogP contribution is -2.55. The molecule has 2 rings (SSSR count). The van der Waals surface area contributed by atoms with Crippen molar-refractivity contribution in [3.63, 3.8) is 0 Å². The number of rotatable bonds is 7. The van der Waals surface area contributed by atoms with Crippen molar-refractivity contribution in [2.75, 3.05) is 13.2 Å². The number of hydrogen-bond acceptors (Lipinski definition) is 4. The first-order chi connectivity index (χ1) is 9.94. The molecule has 1 aromatic rings. The van der Waals surface area contributed by atoms with E-state index in [-0.39, 0.29) is 25.0 Å². The van der Waals surface area contributed by atoms with Crippen LogP contribution in [-0.2, 0) is 9.53 Å². The zero-order chi connectivity index (χ0) is 15.5. The lowest BCUT2D eigenvalue weighted by Gasteiger charge is -2.28. The molecule has 1 N–H and O–H groups in total. The first-order valence-electron chi connectivity index (χ1n) is 6.97. The lowest BCUT2D eigenvalue weighted by molar-refractivity contribution is -0.152. The summed E-state index contributed by atoms with van der Waals surface area (Å²) in [5.74, 6) is -2.17. The fourth-order valence-corrected chi connectivity index (χ4v) is 1.92. The van der Waals surface area contributed by atoms with Crippen LogP contribution in [0.3, 0.4) is 0 Å². The predicted octanol–water partition coefficient (Wildman–Crippen LogP) is 2.42. The van der Waals surface area contributed by atoms with Crippen molar-refractivity contribution >= 4 is 5.97 Å². The van der Waals surface area contributed by atoms with Gasteiger partial charge in [-0.25, -0.2) is 13.6 Å². The Kier molecular flexibility index (Phi) is 4.77. The average Bonchev–Trinajstić information content (AvgIpc) is 3.24. The molecule has 1 fully saturated rings. The van der Waals surface area contributed by atoms with Crippen LogP contribution in [-0.4, -0.2) is 30.8 Å². The van der Waals surface area contributed by atoms with Crippen LogP contribution in [0.15, 0.2) is 18.2 Å². The number of nitrogens with one attached hydrogen (secondary N) is 1. The number of benzene rings is 1. The molecule has 0 aromatic heterocycles. The van der Waals surface area contributed by atoms with E-state index in [4.69, 9.17) is 9.47 Å². The van der Waals surface area contributed by atoms with Crippen molar-refractivity contribution in [1.29, 1.82) is 0 Å². The molecule has 1 aromatic carbocycles. The topological polar surface area (TPSA) is 47.6 Å². The SMILES string of the molecule is CCOC(=O)C(C)(COc1ccc(F)c(F)c1)NC1CC1. The molecule has 1 unspecified atom stereocenters. The Hall–Kier alpha value is -1.69. The third kappa shape index (κ3) is 4.14. The molecule has 1 aliphatic rings. The van der Waals surface area contributed by atoms with Gasteiger partial charge in [-0.3, -0.25) is 5.32 Å². The van der Waals surface area contributed by atoms with Gasteiger partial charge in [0.1, 0.15) is 17.9 Å². The molecule has 6 heteroatoms. The Balaban J connectivity index is 2.03. The van der Waals surface area contributed by atoms with Crippen molar-refractivity contribution in [2.24, 2.45) is 0 Å². The van der Waals surface area contributed by atoms with E-state index in [1.807, 2.05) is 0 Å². The zero-order valence-corrected chi connectivity index (χ0v) is 12.1. The summed E-state index contributed by atoms with van der Waals surface area (Å²) in [5.41, 5.74) is -1.01. The quantitative estimate of drug-likeness (QED) is 0.786. The fraction of sp³-hybridized carbons (Fsp3) is 0.533. The van der Waals surface area contributed by atoms with Gasteiger partial charge in [-0.1, -0.05) is 0 Å². The predicted molar refractivity (Wildman–Crippen MR) is 73.0 cm³/mol. The first kappa shape index (κ1) is 15.7. The Morgan fingerprint density at radius 3 is 2.67 bits per heavy atom. The highest BCUT2D eigenvalue weighted by Crippen LogP contribution is 2.24. The molecular weight excluding hydrogens is 280 g/mol. The van der Waals surface area contributed by atoms with Crippen LogP contribution in [0.25, 0.3) is 0 Å². The van der Waals surface area contributed by atoms with Crippen LogP contribution < -0.4 is 10.1 Å². The summed E-state index contributed by atoms with van der Waals surface area (Å²) in [7, 11) is 0. The monoisotopic (exact) mass is 299 g/mol. The summed E-state index contributed by atoms with van der Waals surface area (Å²) in [6, 6.07) is 3.53. The van der Waals surface area contributed by atoms with Crippen LogP contribution in [0.4, 0.5) is 8.78 Å². The van der Waals surface area contributed by atoms with E-state index in [0.717, 1.165) is 25.0 Å². The maximum Gasteiger partial charge on any atom is 0.329 e. The Morgan fingerprint density at radius 1 is 1.38 bits per heavy atom. The second kappa shape index (κ2) is 6.39. The molecule has 4 nitrogen and oxygen atoms in total. The fourth-order valence-electron chi connectivity index (χ4n) is 1.92. The summed E-state index contributed by atoms with van der Waals surface area (Å²) >= 11 is 0. The van der Waals surface area contributed by atoms with Gasteiger partial charge >= 0.3 is 5.97 Å². The van der Waals surface area contributed by atoms with Crippen LogP contribution in [0, 0.1) is 11.6 Å². The Labute approximate surface area is 122 Å². The minimum Gasteiger partial charge on any atom is -0.491 e. The average molecular weight is 299 g/mol. The van der Waals surface area contributed by atoms with E-state index in [0.29, 0.717) is 0 Å². The van der Waals surface area contributed by atoms with Crippen LogP contribution in [0.1, 0.15) is 26.7 Å². The first-order valence-corrected chi connectivity index (χ1v) is 6.97. The van der Waals surface area contributed by atoms with Crippen LogP contribution >= 0.6 is 0 Å². The number of carbonyl (C=O) groups excluding carboxylic acids is 1. The third-order valence-corrected chi connectivity index (χ3v) is 3.24. The van der Waals surface area contributed by atoms with Gasteiger partial charge in [0, 0.05) is 12.1 Å². The summed E-state index contributed by atoms with van der Waals surface area (Å²) in [6.45, 7) is 3.66. The maximum atomic E-state index is 13.1. The van der Waals surface area contributed by atoms with Crippen LogP contribution in [0.5, 0.6) is 5.75 Å². The highest BCUT2D eigenvalue weighted by molar-refractivity contribution is 5.80. The van der Waals surface area contributed by atoms with Gasteiger partial charge in [0.25, 0.3) is 0 Å². The molecule has 0 radical (unpaired) electrons. The van der Waals surface area contributed by atoms with Crippen molar-refractivity contribution in [3.8, 4) is 5.75 Å². The molecule has 0 aliphatic heterocycles. The molecule has 1 atom stereocenters. The van der Waals surface area contributed by atoms with Gasteiger partial charge in [0.05, 0.1) is 6.61 Å². The molecule has 0 spiro atoms. The second-order valence-corrected chi connectivity index (χ2v) is 5.34. The van der Waals surface area contributed by atoms with E-state index in [9.17, 15) is 13.6 Å². The van der Waals surface area contributed by atoms with Crippen molar-refractivity contribution < 1.29 is 23.0 Å².